The summed E-state index contributed by atoms with van der Waals surface area (Å²) in [5, 5.41) is 0. The lowest BCUT2D eigenvalue weighted by Gasteiger charge is -2.30. The molecule has 1 saturated heterocycles. The summed E-state index contributed by atoms with van der Waals surface area (Å²) in [4.78, 5) is 17.9. The van der Waals surface area contributed by atoms with Crippen LogP contribution in [0.4, 0.5) is 0 Å². The van der Waals surface area contributed by atoms with Crippen molar-refractivity contribution in [3.63, 3.8) is 0 Å². The van der Waals surface area contributed by atoms with Crippen LogP contribution < -0.4 is 5.73 Å². The van der Waals surface area contributed by atoms with E-state index in [4.69, 9.17) is 5.73 Å². The van der Waals surface area contributed by atoms with Gasteiger partial charge < -0.3 is 10.6 Å². The number of amides is 1. The van der Waals surface area contributed by atoms with Gasteiger partial charge in [-0.15, -0.1) is 0 Å². The van der Waals surface area contributed by atoms with Crippen LogP contribution in [-0.4, -0.2) is 34.9 Å². The van der Waals surface area contributed by atoms with Crippen molar-refractivity contribution in [2.24, 2.45) is 5.73 Å². The molecule has 1 aliphatic heterocycles. The molecule has 1 atom stereocenters. The maximum Gasteiger partial charge on any atom is 0.222 e. The largest absolute Gasteiger partial charge is 0.341 e. The molecule has 0 aromatic carbocycles. The Labute approximate surface area is 102 Å². The quantitative estimate of drug-likeness (QED) is 0.846. The van der Waals surface area contributed by atoms with E-state index in [0.29, 0.717) is 13.0 Å². The first-order valence-corrected chi connectivity index (χ1v) is 6.18. The monoisotopic (exact) mass is 233 g/mol. The third kappa shape index (κ3) is 3.53. The molecule has 1 aromatic rings. The number of hydrogen-bond acceptors (Lipinski definition) is 3. The van der Waals surface area contributed by atoms with E-state index in [0.717, 1.165) is 31.4 Å². The highest BCUT2D eigenvalue weighted by atomic mass is 16.2. The summed E-state index contributed by atoms with van der Waals surface area (Å²) in [6.07, 6.45) is 6.94. The topological polar surface area (TPSA) is 59.2 Å². The number of hydrogen-bond donors (Lipinski definition) is 1. The Kier molecular flexibility index (Phi) is 4.09. The molecular weight excluding hydrogens is 214 g/mol. The standard InChI is InChI=1S/C13H19N3O/c14-12-4-2-8-16(10-12)13(17)6-5-11-3-1-7-15-9-11/h1,3,7,9,12H,2,4-6,8,10,14H2. The van der Waals surface area contributed by atoms with Gasteiger partial charge in [0.2, 0.25) is 5.91 Å². The fraction of sp³-hybridized carbons (Fsp3) is 0.538. The second-order valence-electron chi connectivity index (χ2n) is 4.60. The summed E-state index contributed by atoms with van der Waals surface area (Å²) in [6, 6.07) is 4.06. The Morgan fingerprint density at radius 2 is 2.47 bits per heavy atom. The summed E-state index contributed by atoms with van der Waals surface area (Å²) in [5.41, 5.74) is 6.98. The van der Waals surface area contributed by atoms with Gasteiger partial charge in [0, 0.05) is 37.9 Å². The molecule has 4 nitrogen and oxygen atoms in total. The molecule has 4 heteroatoms. The first-order chi connectivity index (χ1) is 8.25. The molecule has 1 amide bonds. The first-order valence-electron chi connectivity index (χ1n) is 6.18. The highest BCUT2D eigenvalue weighted by Crippen LogP contribution is 2.11. The van der Waals surface area contributed by atoms with Crippen LogP contribution in [0.3, 0.4) is 0 Å². The minimum atomic E-state index is 0.158. The highest BCUT2D eigenvalue weighted by molar-refractivity contribution is 5.76. The fourth-order valence-corrected chi connectivity index (χ4v) is 2.19. The Morgan fingerprint density at radius 3 is 3.18 bits per heavy atom. The van der Waals surface area contributed by atoms with Gasteiger partial charge in [-0.2, -0.15) is 0 Å². The van der Waals surface area contributed by atoms with Crippen molar-refractivity contribution in [1.82, 2.24) is 9.88 Å². The molecule has 0 bridgehead atoms. The number of likely N-dealkylation sites (tertiary alicyclic amines) is 1. The van der Waals surface area contributed by atoms with Crippen molar-refractivity contribution in [2.45, 2.75) is 31.7 Å². The minimum Gasteiger partial charge on any atom is -0.341 e. The van der Waals surface area contributed by atoms with Gasteiger partial charge in [0.1, 0.15) is 0 Å². The summed E-state index contributed by atoms with van der Waals surface area (Å²) in [5.74, 6) is 0.212. The number of piperidine rings is 1. The molecule has 17 heavy (non-hydrogen) atoms. The average Bonchev–Trinajstić information content (AvgIpc) is 2.37. The number of aromatic nitrogens is 1. The van der Waals surface area contributed by atoms with Crippen molar-refractivity contribution < 1.29 is 4.79 Å². The summed E-state index contributed by atoms with van der Waals surface area (Å²) in [7, 11) is 0. The zero-order valence-electron chi connectivity index (χ0n) is 10.0. The Balaban J connectivity index is 1.81. The van der Waals surface area contributed by atoms with E-state index in [1.807, 2.05) is 23.2 Å². The second-order valence-corrected chi connectivity index (χ2v) is 4.60. The van der Waals surface area contributed by atoms with Gasteiger partial charge in [0.15, 0.2) is 0 Å². The summed E-state index contributed by atoms with van der Waals surface area (Å²) >= 11 is 0. The lowest BCUT2D eigenvalue weighted by molar-refractivity contribution is -0.132. The summed E-state index contributed by atoms with van der Waals surface area (Å²) < 4.78 is 0. The maximum absolute atomic E-state index is 12.0. The van der Waals surface area contributed by atoms with Gasteiger partial charge in [-0.25, -0.2) is 0 Å². The smallest absolute Gasteiger partial charge is 0.222 e. The van der Waals surface area contributed by atoms with Crippen LogP contribution in [0.1, 0.15) is 24.8 Å². The number of pyridine rings is 1. The fourth-order valence-electron chi connectivity index (χ4n) is 2.19. The lowest BCUT2D eigenvalue weighted by Crippen LogP contribution is -2.45. The molecule has 0 radical (unpaired) electrons. The maximum atomic E-state index is 12.0. The third-order valence-corrected chi connectivity index (χ3v) is 3.16. The van der Waals surface area contributed by atoms with Crippen molar-refractivity contribution >= 4 is 5.91 Å². The number of nitrogens with zero attached hydrogens (tertiary/aromatic N) is 2. The number of rotatable bonds is 3. The molecule has 92 valence electrons. The number of carbonyl (C=O) groups is 1. The molecule has 0 saturated carbocycles. The molecule has 2 heterocycles. The summed E-state index contributed by atoms with van der Waals surface area (Å²) in [6.45, 7) is 1.57. The SMILES string of the molecule is NC1CCCN(C(=O)CCc2cccnc2)C1. The van der Waals surface area contributed by atoms with Gasteiger partial charge in [-0.3, -0.25) is 9.78 Å². The molecular formula is C13H19N3O. The van der Waals surface area contributed by atoms with Crippen molar-refractivity contribution in [3.8, 4) is 0 Å². The van der Waals surface area contributed by atoms with E-state index in [-0.39, 0.29) is 11.9 Å². The molecule has 0 aliphatic carbocycles. The van der Waals surface area contributed by atoms with Crippen molar-refractivity contribution in [2.75, 3.05) is 13.1 Å². The molecule has 1 aliphatic rings. The number of nitrogens with two attached hydrogens (primary N) is 1. The van der Waals surface area contributed by atoms with Crippen molar-refractivity contribution in [3.05, 3.63) is 30.1 Å². The van der Waals surface area contributed by atoms with Crippen LogP contribution in [0.25, 0.3) is 0 Å². The average molecular weight is 233 g/mol. The highest BCUT2D eigenvalue weighted by Gasteiger charge is 2.20. The predicted octanol–water partition coefficient (Wildman–Crippen LogP) is 0.964. The van der Waals surface area contributed by atoms with Crippen molar-refractivity contribution in [1.29, 1.82) is 0 Å². The Morgan fingerprint density at radius 1 is 1.59 bits per heavy atom. The molecule has 1 unspecified atom stereocenters. The van der Waals surface area contributed by atoms with Gasteiger partial charge in [0.25, 0.3) is 0 Å². The predicted molar refractivity (Wildman–Crippen MR) is 66.3 cm³/mol. The second kappa shape index (κ2) is 5.77. The van der Waals surface area contributed by atoms with E-state index in [1.54, 1.807) is 6.20 Å². The van der Waals surface area contributed by atoms with Crippen LogP contribution in [0.2, 0.25) is 0 Å². The van der Waals surface area contributed by atoms with Gasteiger partial charge in [-0.1, -0.05) is 6.07 Å². The van der Waals surface area contributed by atoms with Crippen LogP contribution in [-0.2, 0) is 11.2 Å². The number of aryl methyl sites for hydroxylation is 1. The Hall–Kier alpha value is -1.42. The normalized spacial score (nSPS) is 20.3. The zero-order valence-corrected chi connectivity index (χ0v) is 10.0. The van der Waals surface area contributed by atoms with Gasteiger partial charge in [-0.05, 0) is 30.9 Å². The van der Waals surface area contributed by atoms with E-state index in [9.17, 15) is 4.79 Å². The van der Waals surface area contributed by atoms with E-state index in [1.165, 1.54) is 0 Å². The van der Waals surface area contributed by atoms with Crippen LogP contribution in [0.5, 0.6) is 0 Å². The van der Waals surface area contributed by atoms with Crippen LogP contribution in [0.15, 0.2) is 24.5 Å². The molecule has 0 spiro atoms. The Bertz CT molecular complexity index is 366. The van der Waals surface area contributed by atoms with Crippen LogP contribution in [0, 0.1) is 0 Å². The third-order valence-electron chi connectivity index (χ3n) is 3.16. The zero-order chi connectivity index (χ0) is 12.1. The minimum absolute atomic E-state index is 0.158. The molecule has 1 fully saturated rings. The lowest BCUT2D eigenvalue weighted by atomic mass is 10.1. The van der Waals surface area contributed by atoms with Gasteiger partial charge in [0.05, 0.1) is 0 Å². The molecule has 2 rings (SSSR count). The molecule has 1 aromatic heterocycles. The number of carbonyl (C=O) groups excluding carboxylic acids is 1. The van der Waals surface area contributed by atoms with E-state index < -0.39 is 0 Å². The van der Waals surface area contributed by atoms with E-state index >= 15 is 0 Å². The molecule has 2 N–H and O–H groups in total. The van der Waals surface area contributed by atoms with Crippen LogP contribution >= 0.6 is 0 Å². The first kappa shape index (κ1) is 12.0. The van der Waals surface area contributed by atoms with E-state index in [2.05, 4.69) is 4.98 Å². The van der Waals surface area contributed by atoms with Gasteiger partial charge >= 0.3 is 0 Å².